The SMILES string of the molecule is O=C(CCNCCc1cccc(Cl)c1)Nc1ccccc1C(F)(F)F. The van der Waals surface area contributed by atoms with Gasteiger partial charge in [-0.2, -0.15) is 13.2 Å². The molecule has 0 fully saturated rings. The summed E-state index contributed by atoms with van der Waals surface area (Å²) in [6.45, 7) is 1.02. The molecule has 7 heteroatoms. The minimum absolute atomic E-state index is 0.0851. The molecule has 0 aliphatic carbocycles. The molecule has 0 atom stereocenters. The topological polar surface area (TPSA) is 41.1 Å². The van der Waals surface area contributed by atoms with Crippen molar-refractivity contribution in [3.05, 3.63) is 64.7 Å². The lowest BCUT2D eigenvalue weighted by Gasteiger charge is -2.13. The first kappa shape index (κ1) is 19.3. The molecule has 0 aliphatic heterocycles. The molecule has 2 N–H and O–H groups in total. The summed E-state index contributed by atoms with van der Waals surface area (Å²) in [7, 11) is 0. The number of benzene rings is 2. The Bertz CT molecular complexity index is 719. The third kappa shape index (κ3) is 6.40. The highest BCUT2D eigenvalue weighted by atomic mass is 35.5. The molecule has 25 heavy (non-hydrogen) atoms. The summed E-state index contributed by atoms with van der Waals surface area (Å²) in [6.07, 6.45) is -3.67. The maximum Gasteiger partial charge on any atom is 0.418 e. The van der Waals surface area contributed by atoms with Crippen molar-refractivity contribution in [1.82, 2.24) is 5.32 Å². The standard InChI is InChI=1S/C18H18ClF3N2O/c19-14-5-3-4-13(12-14)8-10-23-11-9-17(25)24-16-7-2-1-6-15(16)18(20,21)22/h1-7,12,23H,8-11H2,(H,24,25). The number of carbonyl (C=O) groups is 1. The summed E-state index contributed by atoms with van der Waals surface area (Å²) < 4.78 is 38.6. The van der Waals surface area contributed by atoms with Gasteiger partial charge in [0.25, 0.3) is 0 Å². The second-order valence-corrected chi connectivity index (χ2v) is 5.91. The van der Waals surface area contributed by atoms with E-state index < -0.39 is 17.6 Å². The highest BCUT2D eigenvalue weighted by molar-refractivity contribution is 6.30. The number of carbonyl (C=O) groups excluding carboxylic acids is 1. The van der Waals surface area contributed by atoms with Gasteiger partial charge in [-0.3, -0.25) is 4.79 Å². The van der Waals surface area contributed by atoms with E-state index in [0.717, 1.165) is 18.1 Å². The number of hydrogen-bond donors (Lipinski definition) is 2. The maximum absolute atomic E-state index is 12.9. The fraction of sp³-hybridized carbons (Fsp3) is 0.278. The van der Waals surface area contributed by atoms with Crippen LogP contribution >= 0.6 is 11.6 Å². The molecule has 0 aromatic heterocycles. The van der Waals surface area contributed by atoms with Crippen LogP contribution in [-0.4, -0.2) is 19.0 Å². The van der Waals surface area contributed by atoms with Crippen molar-refractivity contribution in [2.45, 2.75) is 19.0 Å². The zero-order chi connectivity index (χ0) is 18.3. The molecule has 0 aliphatic rings. The molecule has 0 radical (unpaired) electrons. The fourth-order valence-corrected chi connectivity index (χ4v) is 2.52. The van der Waals surface area contributed by atoms with Gasteiger partial charge in [-0.25, -0.2) is 0 Å². The smallest absolute Gasteiger partial charge is 0.325 e. The van der Waals surface area contributed by atoms with Crippen LogP contribution in [0.4, 0.5) is 18.9 Å². The highest BCUT2D eigenvalue weighted by Gasteiger charge is 2.33. The Balaban J connectivity index is 1.75. The van der Waals surface area contributed by atoms with Crippen molar-refractivity contribution < 1.29 is 18.0 Å². The number of amides is 1. The molecule has 3 nitrogen and oxygen atoms in total. The second-order valence-electron chi connectivity index (χ2n) is 5.47. The Labute approximate surface area is 149 Å². The summed E-state index contributed by atoms with van der Waals surface area (Å²) in [5.74, 6) is -0.466. The highest BCUT2D eigenvalue weighted by Crippen LogP contribution is 2.34. The number of anilines is 1. The number of hydrogen-bond acceptors (Lipinski definition) is 2. The molecule has 1 amide bonds. The van der Waals surface area contributed by atoms with E-state index in [1.54, 1.807) is 6.07 Å². The zero-order valence-corrected chi connectivity index (χ0v) is 14.1. The molecule has 0 saturated carbocycles. The third-order valence-electron chi connectivity index (χ3n) is 3.51. The van der Waals surface area contributed by atoms with Crippen LogP contribution in [0.5, 0.6) is 0 Å². The van der Waals surface area contributed by atoms with Crippen molar-refractivity contribution >= 4 is 23.2 Å². The quantitative estimate of drug-likeness (QED) is 0.703. The summed E-state index contributed by atoms with van der Waals surface area (Å²) in [5, 5.41) is 6.07. The maximum atomic E-state index is 12.9. The van der Waals surface area contributed by atoms with Gasteiger partial charge in [0.05, 0.1) is 11.3 Å². The van der Waals surface area contributed by atoms with Gasteiger partial charge in [0.1, 0.15) is 0 Å². The number of alkyl halides is 3. The molecule has 0 spiro atoms. The molecular weight excluding hydrogens is 353 g/mol. The predicted molar refractivity (Wildman–Crippen MR) is 92.7 cm³/mol. The van der Waals surface area contributed by atoms with Crippen LogP contribution in [0.15, 0.2) is 48.5 Å². The van der Waals surface area contributed by atoms with Gasteiger partial charge in [0.2, 0.25) is 5.91 Å². The largest absolute Gasteiger partial charge is 0.418 e. The Kier molecular flexibility index (Phi) is 6.84. The normalized spacial score (nSPS) is 11.4. The van der Waals surface area contributed by atoms with E-state index in [1.807, 2.05) is 18.2 Å². The first-order chi connectivity index (χ1) is 11.9. The zero-order valence-electron chi connectivity index (χ0n) is 13.4. The average Bonchev–Trinajstić information content (AvgIpc) is 2.54. The lowest BCUT2D eigenvalue weighted by atomic mass is 10.1. The minimum atomic E-state index is -4.50. The van der Waals surface area contributed by atoms with E-state index >= 15 is 0 Å². The first-order valence-corrected chi connectivity index (χ1v) is 8.15. The number of rotatable bonds is 7. The van der Waals surface area contributed by atoms with Crippen LogP contribution in [0.2, 0.25) is 5.02 Å². The average molecular weight is 371 g/mol. The minimum Gasteiger partial charge on any atom is -0.325 e. The van der Waals surface area contributed by atoms with Crippen molar-refractivity contribution in [2.75, 3.05) is 18.4 Å². The summed E-state index contributed by atoms with van der Waals surface area (Å²) in [6, 6.07) is 12.4. The van der Waals surface area contributed by atoms with E-state index in [9.17, 15) is 18.0 Å². The van der Waals surface area contributed by atoms with Crippen molar-refractivity contribution in [2.24, 2.45) is 0 Å². The summed E-state index contributed by atoms with van der Waals surface area (Å²) in [5.41, 5.74) is -0.000232. The van der Waals surface area contributed by atoms with E-state index in [4.69, 9.17) is 11.6 Å². The van der Waals surface area contributed by atoms with E-state index in [-0.39, 0.29) is 12.1 Å². The van der Waals surface area contributed by atoms with Crippen molar-refractivity contribution in [3.63, 3.8) is 0 Å². The van der Waals surface area contributed by atoms with E-state index in [1.165, 1.54) is 18.2 Å². The molecule has 0 heterocycles. The Morgan fingerprint density at radius 3 is 2.52 bits per heavy atom. The van der Waals surface area contributed by atoms with Gasteiger partial charge < -0.3 is 10.6 Å². The molecular formula is C18H18ClF3N2O. The van der Waals surface area contributed by atoms with Gasteiger partial charge >= 0.3 is 6.18 Å². The summed E-state index contributed by atoms with van der Waals surface area (Å²) in [4.78, 5) is 11.8. The molecule has 2 rings (SSSR count). The monoisotopic (exact) mass is 370 g/mol. The lowest BCUT2D eigenvalue weighted by molar-refractivity contribution is -0.137. The molecule has 2 aromatic rings. The molecule has 0 unspecified atom stereocenters. The third-order valence-corrected chi connectivity index (χ3v) is 3.75. The lowest BCUT2D eigenvalue weighted by Crippen LogP contribution is -2.24. The molecule has 2 aromatic carbocycles. The van der Waals surface area contributed by atoms with Crippen molar-refractivity contribution in [3.8, 4) is 0 Å². The van der Waals surface area contributed by atoms with Gasteiger partial charge in [-0.1, -0.05) is 35.9 Å². The van der Waals surface area contributed by atoms with Gasteiger partial charge in [-0.05, 0) is 42.8 Å². The Hall–Kier alpha value is -2.05. The van der Waals surface area contributed by atoms with Gasteiger partial charge in [0, 0.05) is 18.0 Å². The first-order valence-electron chi connectivity index (χ1n) is 7.77. The van der Waals surface area contributed by atoms with Crippen LogP contribution in [-0.2, 0) is 17.4 Å². The molecule has 0 saturated heterocycles. The predicted octanol–water partition coefficient (Wildman–Crippen LogP) is 4.52. The van der Waals surface area contributed by atoms with Crippen LogP contribution in [0.25, 0.3) is 0 Å². The Morgan fingerprint density at radius 1 is 1.04 bits per heavy atom. The van der Waals surface area contributed by atoms with Crippen LogP contribution in [0.1, 0.15) is 17.5 Å². The van der Waals surface area contributed by atoms with Crippen LogP contribution in [0, 0.1) is 0 Å². The van der Waals surface area contributed by atoms with E-state index in [2.05, 4.69) is 10.6 Å². The number of halogens is 4. The van der Waals surface area contributed by atoms with Crippen molar-refractivity contribution in [1.29, 1.82) is 0 Å². The van der Waals surface area contributed by atoms with Gasteiger partial charge in [-0.15, -0.1) is 0 Å². The number of para-hydroxylation sites is 1. The van der Waals surface area contributed by atoms with Crippen LogP contribution in [0.3, 0.4) is 0 Å². The Morgan fingerprint density at radius 2 is 1.80 bits per heavy atom. The summed E-state index contributed by atoms with van der Waals surface area (Å²) >= 11 is 5.89. The number of nitrogens with one attached hydrogen (secondary N) is 2. The van der Waals surface area contributed by atoms with E-state index in [0.29, 0.717) is 18.1 Å². The van der Waals surface area contributed by atoms with Gasteiger partial charge in [0.15, 0.2) is 0 Å². The fourth-order valence-electron chi connectivity index (χ4n) is 2.30. The molecule has 0 bridgehead atoms. The molecule has 134 valence electrons. The van der Waals surface area contributed by atoms with Crippen LogP contribution < -0.4 is 10.6 Å². The second kappa shape index (κ2) is 8.87.